The zero-order valence-corrected chi connectivity index (χ0v) is 16.7. The van der Waals surface area contributed by atoms with E-state index in [9.17, 15) is 4.79 Å². The molecule has 0 aliphatic carbocycles. The van der Waals surface area contributed by atoms with Crippen molar-refractivity contribution in [2.45, 2.75) is 20.3 Å². The van der Waals surface area contributed by atoms with Gasteiger partial charge in [0.2, 0.25) is 5.13 Å². The molecule has 0 spiro atoms. The standard InChI is InChI=1S/C19H26N4O3S/c1-3-25-18(24)16-5-7-17(8-6-16)26-14-4-9-22-10-12-23(13-11-22)19-21-20-15(2)27-19/h5-8H,3-4,9-14H2,1-2H3. The SMILES string of the molecule is CCOC(=O)c1ccc(OCCCN2CCN(c3nnc(C)s3)CC2)cc1. The summed E-state index contributed by atoms with van der Waals surface area (Å²) in [5.41, 5.74) is 0.549. The molecule has 7 nitrogen and oxygen atoms in total. The molecule has 1 saturated heterocycles. The summed E-state index contributed by atoms with van der Waals surface area (Å²) >= 11 is 1.66. The average Bonchev–Trinajstić information content (AvgIpc) is 3.13. The van der Waals surface area contributed by atoms with Gasteiger partial charge in [-0.25, -0.2) is 4.79 Å². The van der Waals surface area contributed by atoms with E-state index < -0.39 is 0 Å². The van der Waals surface area contributed by atoms with Crippen molar-refractivity contribution in [1.82, 2.24) is 15.1 Å². The number of hydrogen-bond acceptors (Lipinski definition) is 8. The third-order valence-electron chi connectivity index (χ3n) is 4.41. The number of carbonyl (C=O) groups is 1. The van der Waals surface area contributed by atoms with Crippen molar-refractivity contribution in [2.75, 3.05) is 50.8 Å². The molecule has 1 aliphatic heterocycles. The number of hydrogen-bond donors (Lipinski definition) is 0. The van der Waals surface area contributed by atoms with E-state index in [0.717, 1.165) is 55.0 Å². The lowest BCUT2D eigenvalue weighted by molar-refractivity contribution is 0.0526. The topological polar surface area (TPSA) is 67.8 Å². The van der Waals surface area contributed by atoms with Crippen molar-refractivity contribution in [1.29, 1.82) is 0 Å². The third-order valence-corrected chi connectivity index (χ3v) is 5.31. The Labute approximate surface area is 163 Å². The van der Waals surface area contributed by atoms with Crippen LogP contribution in [-0.2, 0) is 4.74 Å². The molecule has 3 rings (SSSR count). The molecule has 1 fully saturated rings. The number of aromatic nitrogens is 2. The maximum Gasteiger partial charge on any atom is 0.338 e. The summed E-state index contributed by atoms with van der Waals surface area (Å²) in [4.78, 5) is 16.4. The van der Waals surface area contributed by atoms with Gasteiger partial charge >= 0.3 is 5.97 Å². The van der Waals surface area contributed by atoms with Crippen molar-refractivity contribution in [2.24, 2.45) is 0 Å². The van der Waals surface area contributed by atoms with Crippen molar-refractivity contribution in [3.8, 4) is 5.75 Å². The van der Waals surface area contributed by atoms with Crippen LogP contribution in [-0.4, -0.2) is 67.0 Å². The molecular formula is C19H26N4O3S. The van der Waals surface area contributed by atoms with Crippen molar-refractivity contribution >= 4 is 22.4 Å². The van der Waals surface area contributed by atoms with Gasteiger partial charge in [-0.3, -0.25) is 4.90 Å². The first kappa shape index (κ1) is 19.6. The summed E-state index contributed by atoms with van der Waals surface area (Å²) in [6.07, 6.45) is 0.970. The number of ether oxygens (including phenoxy) is 2. The maximum absolute atomic E-state index is 11.6. The Morgan fingerprint density at radius 1 is 1.15 bits per heavy atom. The Bertz CT molecular complexity index is 727. The molecule has 0 saturated carbocycles. The summed E-state index contributed by atoms with van der Waals surface area (Å²) in [5, 5.41) is 10.4. The highest BCUT2D eigenvalue weighted by Crippen LogP contribution is 2.20. The van der Waals surface area contributed by atoms with E-state index in [1.54, 1.807) is 30.4 Å². The molecule has 8 heteroatoms. The van der Waals surface area contributed by atoms with Crippen LogP contribution in [0, 0.1) is 6.92 Å². The van der Waals surface area contributed by atoms with Crippen LogP contribution >= 0.6 is 11.3 Å². The second-order valence-corrected chi connectivity index (χ2v) is 7.54. The first-order valence-corrected chi connectivity index (χ1v) is 10.1. The van der Waals surface area contributed by atoms with Crippen molar-refractivity contribution in [3.63, 3.8) is 0 Å². The lowest BCUT2D eigenvalue weighted by Gasteiger charge is -2.34. The highest BCUT2D eigenvalue weighted by molar-refractivity contribution is 7.15. The number of piperazine rings is 1. The Balaban J connectivity index is 1.33. The van der Waals surface area contributed by atoms with E-state index in [0.29, 0.717) is 18.8 Å². The van der Waals surface area contributed by atoms with Crippen molar-refractivity contribution in [3.05, 3.63) is 34.8 Å². The van der Waals surface area contributed by atoms with Gasteiger partial charge in [0.15, 0.2) is 0 Å². The minimum Gasteiger partial charge on any atom is -0.494 e. The first-order valence-electron chi connectivity index (χ1n) is 9.33. The zero-order valence-electron chi connectivity index (χ0n) is 15.9. The molecule has 146 valence electrons. The monoisotopic (exact) mass is 390 g/mol. The second-order valence-electron chi connectivity index (χ2n) is 6.38. The van der Waals surface area contributed by atoms with Gasteiger partial charge in [0.1, 0.15) is 10.8 Å². The zero-order chi connectivity index (χ0) is 19.1. The summed E-state index contributed by atoms with van der Waals surface area (Å²) < 4.78 is 10.8. The highest BCUT2D eigenvalue weighted by Gasteiger charge is 2.19. The van der Waals surface area contributed by atoms with E-state index in [4.69, 9.17) is 9.47 Å². The van der Waals surface area contributed by atoms with Gasteiger partial charge in [-0.2, -0.15) is 0 Å². The molecule has 0 unspecified atom stereocenters. The molecule has 27 heavy (non-hydrogen) atoms. The molecule has 0 radical (unpaired) electrons. The van der Waals surface area contributed by atoms with E-state index in [-0.39, 0.29) is 5.97 Å². The molecule has 0 atom stereocenters. The van der Waals surface area contributed by atoms with Crippen molar-refractivity contribution < 1.29 is 14.3 Å². The summed E-state index contributed by atoms with van der Waals surface area (Å²) in [5.74, 6) is 0.478. The number of nitrogens with zero attached hydrogens (tertiary/aromatic N) is 4. The van der Waals surface area contributed by atoms with Crippen LogP contribution in [0.15, 0.2) is 24.3 Å². The fraction of sp³-hybridized carbons (Fsp3) is 0.526. The summed E-state index contributed by atoms with van der Waals surface area (Å²) in [6.45, 7) is 9.90. The maximum atomic E-state index is 11.6. The number of anilines is 1. The fourth-order valence-electron chi connectivity index (χ4n) is 2.96. The number of esters is 1. The van der Waals surface area contributed by atoms with Crippen LogP contribution in [0.4, 0.5) is 5.13 Å². The number of carbonyl (C=O) groups excluding carboxylic acids is 1. The van der Waals surface area contributed by atoms with Crippen LogP contribution in [0.5, 0.6) is 5.75 Å². The second kappa shape index (κ2) is 9.66. The highest BCUT2D eigenvalue weighted by atomic mass is 32.1. The fourth-order valence-corrected chi connectivity index (χ4v) is 3.70. The lowest BCUT2D eigenvalue weighted by Crippen LogP contribution is -2.46. The van der Waals surface area contributed by atoms with E-state index in [2.05, 4.69) is 20.0 Å². The smallest absolute Gasteiger partial charge is 0.338 e. The average molecular weight is 391 g/mol. The lowest BCUT2D eigenvalue weighted by atomic mass is 10.2. The number of rotatable bonds is 8. The van der Waals surface area contributed by atoms with Gasteiger partial charge in [-0.15, -0.1) is 10.2 Å². The number of benzene rings is 1. The van der Waals surface area contributed by atoms with Gasteiger partial charge in [0.05, 0.1) is 18.8 Å². The Morgan fingerprint density at radius 2 is 1.89 bits per heavy atom. The van der Waals surface area contributed by atoms with E-state index >= 15 is 0 Å². The van der Waals surface area contributed by atoms with E-state index in [1.165, 1.54) is 0 Å². The summed E-state index contributed by atoms with van der Waals surface area (Å²) in [7, 11) is 0. The molecule has 1 aromatic carbocycles. The van der Waals surface area contributed by atoms with E-state index in [1.807, 2.05) is 19.1 Å². The van der Waals surface area contributed by atoms with Gasteiger partial charge in [-0.05, 0) is 44.5 Å². The molecule has 0 amide bonds. The third kappa shape index (κ3) is 5.64. The molecular weight excluding hydrogens is 364 g/mol. The Hall–Kier alpha value is -2.19. The van der Waals surface area contributed by atoms with Crippen LogP contribution in [0.2, 0.25) is 0 Å². The van der Waals surface area contributed by atoms with Gasteiger partial charge in [0.25, 0.3) is 0 Å². The minimum absolute atomic E-state index is 0.299. The van der Waals surface area contributed by atoms with Crippen LogP contribution < -0.4 is 9.64 Å². The number of aryl methyl sites for hydroxylation is 1. The molecule has 1 aromatic heterocycles. The largest absolute Gasteiger partial charge is 0.494 e. The molecule has 2 aromatic rings. The van der Waals surface area contributed by atoms with Crippen LogP contribution in [0.1, 0.15) is 28.7 Å². The predicted molar refractivity (Wildman–Crippen MR) is 106 cm³/mol. The van der Waals surface area contributed by atoms with Gasteiger partial charge in [-0.1, -0.05) is 11.3 Å². The van der Waals surface area contributed by atoms with Crippen LogP contribution in [0.3, 0.4) is 0 Å². The summed E-state index contributed by atoms with van der Waals surface area (Å²) in [6, 6.07) is 7.10. The Kier molecular flexibility index (Phi) is 7.00. The quantitative estimate of drug-likeness (QED) is 0.507. The molecule has 0 N–H and O–H groups in total. The molecule has 2 heterocycles. The first-order chi connectivity index (χ1) is 13.2. The Morgan fingerprint density at radius 3 is 2.52 bits per heavy atom. The van der Waals surface area contributed by atoms with Gasteiger partial charge in [0, 0.05) is 32.7 Å². The molecule has 0 bridgehead atoms. The minimum atomic E-state index is -0.299. The normalized spacial score (nSPS) is 15.0. The van der Waals surface area contributed by atoms with Gasteiger partial charge < -0.3 is 14.4 Å². The van der Waals surface area contributed by atoms with Crippen LogP contribution in [0.25, 0.3) is 0 Å². The molecule has 1 aliphatic rings. The predicted octanol–water partition coefficient (Wildman–Crippen LogP) is 2.61.